The van der Waals surface area contributed by atoms with E-state index in [0.717, 1.165) is 6.42 Å². The largest absolute Gasteiger partial charge is 0.320 e. The summed E-state index contributed by atoms with van der Waals surface area (Å²) in [5, 5.41) is 2.02. The number of carbonyl (C=O) groups excluding carboxylic acids is 2. The Morgan fingerprint density at radius 1 is 1.73 bits per heavy atom. The minimum atomic E-state index is -0.579. The van der Waals surface area contributed by atoms with Crippen molar-refractivity contribution in [1.29, 1.82) is 0 Å². The molecular formula is C7H14N2O2. The maximum Gasteiger partial charge on any atom is 0.243 e. The minimum absolute atomic E-state index is 0.106. The monoisotopic (exact) mass is 158 g/mol. The number of rotatable bonds is 4. The van der Waals surface area contributed by atoms with Crippen LogP contribution in [0.2, 0.25) is 0 Å². The molecule has 2 amide bonds. The number of imide groups is 1. The smallest absolute Gasteiger partial charge is 0.243 e. The molecule has 11 heavy (non-hydrogen) atoms. The van der Waals surface area contributed by atoms with Gasteiger partial charge in [-0.2, -0.15) is 0 Å². The number of hydrogen-bond acceptors (Lipinski definition) is 3. The highest BCUT2D eigenvalue weighted by molar-refractivity contribution is 5.89. The van der Waals surface area contributed by atoms with Crippen LogP contribution in [-0.2, 0) is 9.59 Å². The quantitative estimate of drug-likeness (QED) is 0.548. The maximum absolute atomic E-state index is 10.9. The van der Waals surface area contributed by atoms with Gasteiger partial charge in [0.15, 0.2) is 0 Å². The highest BCUT2D eigenvalue weighted by atomic mass is 16.2. The summed E-state index contributed by atoms with van der Waals surface area (Å²) in [5.74, 6) is -0.302. The van der Waals surface area contributed by atoms with Crippen LogP contribution in [0.1, 0.15) is 20.3 Å². The first-order chi connectivity index (χ1) is 5.13. The summed E-state index contributed by atoms with van der Waals surface area (Å²) in [5.41, 5.74) is 5.49. The first-order valence-corrected chi connectivity index (χ1v) is 3.63. The molecule has 0 fully saturated rings. The van der Waals surface area contributed by atoms with Gasteiger partial charge in [-0.3, -0.25) is 14.9 Å². The lowest BCUT2D eigenvalue weighted by Gasteiger charge is -2.15. The fourth-order valence-electron chi connectivity index (χ4n) is 0.667. The van der Waals surface area contributed by atoms with Crippen molar-refractivity contribution >= 4 is 12.3 Å². The molecular weight excluding hydrogens is 144 g/mol. The van der Waals surface area contributed by atoms with Gasteiger partial charge in [0.2, 0.25) is 12.3 Å². The van der Waals surface area contributed by atoms with E-state index < -0.39 is 11.9 Å². The molecule has 64 valence electrons. The van der Waals surface area contributed by atoms with E-state index in [-0.39, 0.29) is 5.92 Å². The van der Waals surface area contributed by atoms with E-state index in [1.807, 2.05) is 19.2 Å². The summed E-state index contributed by atoms with van der Waals surface area (Å²) in [6, 6.07) is -0.579. The Kier molecular flexibility index (Phi) is 4.45. The van der Waals surface area contributed by atoms with E-state index in [4.69, 9.17) is 5.73 Å². The topological polar surface area (TPSA) is 72.2 Å². The van der Waals surface area contributed by atoms with Gasteiger partial charge < -0.3 is 5.73 Å². The standard InChI is InChI=1S/C7H14N2O2/c1-3-5(2)6(8)7(11)9-4-10/h4-6H,3,8H2,1-2H3,(H,9,10,11)/t5-,6-/m0/s1. The van der Waals surface area contributed by atoms with Gasteiger partial charge in [-0.05, 0) is 5.92 Å². The zero-order chi connectivity index (χ0) is 8.85. The SMILES string of the molecule is CC[C@H](C)[C@H](N)C(=O)NC=O. The van der Waals surface area contributed by atoms with Crippen LogP contribution in [0, 0.1) is 5.92 Å². The number of carbonyl (C=O) groups is 2. The maximum atomic E-state index is 10.9. The molecule has 0 radical (unpaired) electrons. The molecule has 4 nitrogen and oxygen atoms in total. The van der Waals surface area contributed by atoms with Crippen LogP contribution in [-0.4, -0.2) is 18.4 Å². The Balaban J connectivity index is 3.90. The van der Waals surface area contributed by atoms with Gasteiger partial charge in [-0.25, -0.2) is 0 Å². The molecule has 0 unspecified atom stereocenters. The molecule has 0 aromatic carbocycles. The van der Waals surface area contributed by atoms with Crippen molar-refractivity contribution in [3.05, 3.63) is 0 Å². The molecule has 0 aliphatic carbocycles. The minimum Gasteiger partial charge on any atom is -0.320 e. The molecule has 2 atom stereocenters. The normalized spacial score (nSPS) is 15.2. The highest BCUT2D eigenvalue weighted by Gasteiger charge is 2.18. The van der Waals surface area contributed by atoms with Crippen LogP contribution in [0.25, 0.3) is 0 Å². The summed E-state index contributed by atoms with van der Waals surface area (Å²) in [6.45, 7) is 3.81. The molecule has 0 aromatic heterocycles. The summed E-state index contributed by atoms with van der Waals surface area (Å²) in [7, 11) is 0. The van der Waals surface area contributed by atoms with Crippen molar-refractivity contribution in [1.82, 2.24) is 5.32 Å². The first-order valence-electron chi connectivity index (χ1n) is 3.63. The van der Waals surface area contributed by atoms with Crippen molar-refractivity contribution in [3.63, 3.8) is 0 Å². The van der Waals surface area contributed by atoms with Crippen molar-refractivity contribution in [2.75, 3.05) is 0 Å². The van der Waals surface area contributed by atoms with Gasteiger partial charge >= 0.3 is 0 Å². The Hall–Kier alpha value is -0.900. The van der Waals surface area contributed by atoms with Crippen LogP contribution in [0.5, 0.6) is 0 Å². The van der Waals surface area contributed by atoms with E-state index in [1.165, 1.54) is 0 Å². The van der Waals surface area contributed by atoms with Gasteiger partial charge in [0.25, 0.3) is 0 Å². The van der Waals surface area contributed by atoms with E-state index in [2.05, 4.69) is 0 Å². The average Bonchev–Trinajstić information content (AvgIpc) is 2.02. The van der Waals surface area contributed by atoms with E-state index in [1.54, 1.807) is 0 Å². The molecule has 4 heteroatoms. The van der Waals surface area contributed by atoms with E-state index >= 15 is 0 Å². The van der Waals surface area contributed by atoms with Crippen molar-refractivity contribution in [2.24, 2.45) is 11.7 Å². The van der Waals surface area contributed by atoms with Crippen LogP contribution < -0.4 is 11.1 Å². The van der Waals surface area contributed by atoms with Crippen LogP contribution >= 0.6 is 0 Å². The average molecular weight is 158 g/mol. The van der Waals surface area contributed by atoms with Gasteiger partial charge in [0.1, 0.15) is 0 Å². The molecule has 0 saturated carbocycles. The van der Waals surface area contributed by atoms with Crippen molar-refractivity contribution in [2.45, 2.75) is 26.3 Å². The Morgan fingerprint density at radius 3 is 2.64 bits per heavy atom. The molecule has 3 N–H and O–H groups in total. The third-order valence-corrected chi connectivity index (χ3v) is 1.76. The van der Waals surface area contributed by atoms with Gasteiger partial charge in [-0.1, -0.05) is 20.3 Å². The molecule has 0 aliphatic rings. The molecule has 0 rings (SSSR count). The zero-order valence-corrected chi connectivity index (χ0v) is 6.83. The number of nitrogens with two attached hydrogens (primary N) is 1. The van der Waals surface area contributed by atoms with Crippen LogP contribution in [0.15, 0.2) is 0 Å². The summed E-state index contributed by atoms with van der Waals surface area (Å²) in [4.78, 5) is 20.7. The summed E-state index contributed by atoms with van der Waals surface area (Å²) in [6.07, 6.45) is 1.18. The summed E-state index contributed by atoms with van der Waals surface area (Å²) >= 11 is 0. The third kappa shape index (κ3) is 3.13. The van der Waals surface area contributed by atoms with Gasteiger partial charge in [0, 0.05) is 0 Å². The second-order valence-corrected chi connectivity index (χ2v) is 2.54. The molecule has 0 spiro atoms. The lowest BCUT2D eigenvalue weighted by atomic mass is 10.00. The number of amides is 2. The van der Waals surface area contributed by atoms with Gasteiger partial charge in [-0.15, -0.1) is 0 Å². The Morgan fingerprint density at radius 2 is 2.27 bits per heavy atom. The van der Waals surface area contributed by atoms with Gasteiger partial charge in [0.05, 0.1) is 6.04 Å². The number of hydrogen-bond donors (Lipinski definition) is 2. The third-order valence-electron chi connectivity index (χ3n) is 1.76. The van der Waals surface area contributed by atoms with Crippen molar-refractivity contribution < 1.29 is 9.59 Å². The molecule has 0 aliphatic heterocycles. The predicted molar refractivity (Wildman–Crippen MR) is 41.6 cm³/mol. The number of nitrogens with one attached hydrogen (secondary N) is 1. The fraction of sp³-hybridized carbons (Fsp3) is 0.714. The lowest BCUT2D eigenvalue weighted by Crippen LogP contribution is -2.44. The van der Waals surface area contributed by atoms with E-state index in [9.17, 15) is 9.59 Å². The highest BCUT2D eigenvalue weighted by Crippen LogP contribution is 2.04. The molecule has 0 saturated heterocycles. The molecule has 0 aromatic rings. The first kappa shape index (κ1) is 10.1. The predicted octanol–water partition coefficient (Wildman–Crippen LogP) is -0.368. The van der Waals surface area contributed by atoms with Crippen molar-refractivity contribution in [3.8, 4) is 0 Å². The Labute approximate surface area is 66.1 Å². The van der Waals surface area contributed by atoms with E-state index in [0.29, 0.717) is 6.41 Å². The molecule has 0 bridgehead atoms. The lowest BCUT2D eigenvalue weighted by molar-refractivity contribution is -0.127. The fourth-order valence-corrected chi connectivity index (χ4v) is 0.667. The second kappa shape index (κ2) is 4.85. The van der Waals surface area contributed by atoms with Crippen LogP contribution in [0.4, 0.5) is 0 Å². The second-order valence-electron chi connectivity index (χ2n) is 2.54. The zero-order valence-electron chi connectivity index (χ0n) is 6.83. The molecule has 0 heterocycles. The Bertz CT molecular complexity index is 147. The summed E-state index contributed by atoms with van der Waals surface area (Å²) < 4.78 is 0. The van der Waals surface area contributed by atoms with Crippen LogP contribution in [0.3, 0.4) is 0 Å².